The van der Waals surface area contributed by atoms with E-state index >= 15 is 0 Å². The SMILES string of the molecule is CCN(C(=O)C(CO)NC(=O)OC(C)(C)C)C(C(=O)NCC(=O)OC)c1ccc(O)cc1. The molecule has 1 aromatic rings. The number of likely N-dealkylation sites (N-methyl/N-ethyl adjacent to an activating group) is 1. The van der Waals surface area contributed by atoms with Gasteiger partial charge in [0.2, 0.25) is 11.8 Å². The van der Waals surface area contributed by atoms with Crippen molar-refractivity contribution in [2.75, 3.05) is 26.8 Å². The highest BCUT2D eigenvalue weighted by Crippen LogP contribution is 2.24. The number of rotatable bonds is 9. The number of phenolic OH excluding ortho intramolecular Hbond substituents is 1. The lowest BCUT2D eigenvalue weighted by Crippen LogP contribution is -2.54. The molecule has 0 aliphatic heterocycles. The monoisotopic (exact) mass is 453 g/mol. The van der Waals surface area contributed by atoms with Gasteiger partial charge in [0.25, 0.3) is 0 Å². The molecule has 32 heavy (non-hydrogen) atoms. The van der Waals surface area contributed by atoms with E-state index in [-0.39, 0.29) is 12.3 Å². The van der Waals surface area contributed by atoms with Gasteiger partial charge in [0.15, 0.2) is 0 Å². The van der Waals surface area contributed by atoms with Gasteiger partial charge in [0, 0.05) is 6.54 Å². The Balaban J connectivity index is 3.20. The minimum atomic E-state index is -1.38. The van der Waals surface area contributed by atoms with Crippen molar-refractivity contribution >= 4 is 23.9 Å². The van der Waals surface area contributed by atoms with Crippen molar-refractivity contribution in [3.8, 4) is 5.75 Å². The smallest absolute Gasteiger partial charge is 0.408 e. The van der Waals surface area contributed by atoms with Gasteiger partial charge in [0.1, 0.15) is 30.0 Å². The number of carbonyl (C=O) groups is 4. The quantitative estimate of drug-likeness (QED) is 0.393. The number of hydrogen-bond acceptors (Lipinski definition) is 8. The summed E-state index contributed by atoms with van der Waals surface area (Å²) in [5.74, 6) is -2.16. The second kappa shape index (κ2) is 11.9. The number of methoxy groups -OCH3 is 1. The fraction of sp³-hybridized carbons (Fsp3) is 0.524. The molecule has 1 rings (SSSR count). The lowest BCUT2D eigenvalue weighted by Gasteiger charge is -2.33. The second-order valence-corrected chi connectivity index (χ2v) is 7.79. The zero-order chi connectivity index (χ0) is 24.5. The molecule has 0 saturated heterocycles. The number of aromatic hydroxyl groups is 1. The molecule has 0 heterocycles. The number of aliphatic hydroxyl groups excluding tert-OH is 1. The zero-order valence-electron chi connectivity index (χ0n) is 18.9. The highest BCUT2D eigenvalue weighted by Gasteiger charge is 2.35. The Hall–Kier alpha value is -3.34. The number of nitrogens with one attached hydrogen (secondary N) is 2. The van der Waals surface area contributed by atoms with E-state index in [2.05, 4.69) is 15.4 Å². The molecule has 11 nitrogen and oxygen atoms in total. The number of amides is 3. The van der Waals surface area contributed by atoms with Gasteiger partial charge in [-0.15, -0.1) is 0 Å². The summed E-state index contributed by atoms with van der Waals surface area (Å²) in [6.07, 6.45) is -0.905. The van der Waals surface area contributed by atoms with Crippen molar-refractivity contribution in [3.63, 3.8) is 0 Å². The van der Waals surface area contributed by atoms with Crippen LogP contribution in [-0.2, 0) is 23.9 Å². The van der Waals surface area contributed by atoms with Gasteiger partial charge >= 0.3 is 12.1 Å². The molecule has 0 aliphatic rings. The zero-order valence-corrected chi connectivity index (χ0v) is 18.9. The number of carbonyl (C=O) groups excluding carboxylic acids is 4. The molecule has 0 aliphatic carbocycles. The summed E-state index contributed by atoms with van der Waals surface area (Å²) in [6.45, 7) is 5.42. The van der Waals surface area contributed by atoms with E-state index in [0.29, 0.717) is 5.56 Å². The van der Waals surface area contributed by atoms with Crippen molar-refractivity contribution in [2.24, 2.45) is 0 Å². The third-order valence-corrected chi connectivity index (χ3v) is 4.20. The number of hydrogen-bond donors (Lipinski definition) is 4. The average Bonchev–Trinajstić information content (AvgIpc) is 2.72. The van der Waals surface area contributed by atoms with E-state index in [1.807, 2.05) is 0 Å². The second-order valence-electron chi connectivity index (χ2n) is 7.79. The molecule has 178 valence electrons. The van der Waals surface area contributed by atoms with Crippen LogP contribution >= 0.6 is 0 Å². The Morgan fingerprint density at radius 3 is 2.19 bits per heavy atom. The first-order valence-electron chi connectivity index (χ1n) is 9.97. The largest absolute Gasteiger partial charge is 0.508 e. The topological polar surface area (TPSA) is 154 Å². The van der Waals surface area contributed by atoms with E-state index < -0.39 is 54.7 Å². The van der Waals surface area contributed by atoms with Crippen molar-refractivity contribution in [1.82, 2.24) is 15.5 Å². The molecule has 2 unspecified atom stereocenters. The Bertz CT molecular complexity index is 804. The van der Waals surface area contributed by atoms with E-state index in [0.717, 1.165) is 4.90 Å². The normalized spacial score (nSPS) is 12.8. The number of aliphatic hydroxyl groups is 1. The summed E-state index contributed by atoms with van der Waals surface area (Å²) in [6, 6.07) is 2.99. The van der Waals surface area contributed by atoms with E-state index in [1.165, 1.54) is 31.4 Å². The van der Waals surface area contributed by atoms with Crippen LogP contribution in [0.1, 0.15) is 39.3 Å². The Morgan fingerprint density at radius 2 is 1.72 bits per heavy atom. The molecule has 0 fully saturated rings. The average molecular weight is 453 g/mol. The molecule has 0 aromatic heterocycles. The third-order valence-electron chi connectivity index (χ3n) is 4.20. The summed E-state index contributed by atoms with van der Waals surface area (Å²) in [5.41, 5.74) is -0.478. The molecule has 1 aromatic carbocycles. The molecule has 0 spiro atoms. The summed E-state index contributed by atoms with van der Waals surface area (Å²) < 4.78 is 9.64. The first-order valence-corrected chi connectivity index (χ1v) is 9.97. The molecule has 4 N–H and O–H groups in total. The van der Waals surface area contributed by atoms with Crippen molar-refractivity contribution in [2.45, 2.75) is 45.4 Å². The summed E-state index contributed by atoms with van der Waals surface area (Å²) >= 11 is 0. The third kappa shape index (κ3) is 8.06. The molecular weight excluding hydrogens is 422 g/mol. The Morgan fingerprint density at radius 1 is 1.12 bits per heavy atom. The van der Waals surface area contributed by atoms with Gasteiger partial charge in [-0.1, -0.05) is 12.1 Å². The highest BCUT2D eigenvalue weighted by molar-refractivity contribution is 5.93. The number of esters is 1. The van der Waals surface area contributed by atoms with Gasteiger partial charge in [-0.2, -0.15) is 0 Å². The number of nitrogens with zero attached hydrogens (tertiary/aromatic N) is 1. The molecule has 3 amide bonds. The maximum Gasteiger partial charge on any atom is 0.408 e. The minimum absolute atomic E-state index is 0.0303. The first kappa shape index (κ1) is 26.7. The van der Waals surface area contributed by atoms with Crippen LogP contribution in [0.3, 0.4) is 0 Å². The number of alkyl carbamates (subject to hydrolysis) is 1. The number of ether oxygens (including phenoxy) is 2. The van der Waals surface area contributed by atoms with Gasteiger partial charge in [-0.25, -0.2) is 4.79 Å². The molecule has 2 atom stereocenters. The van der Waals surface area contributed by atoms with Gasteiger partial charge in [0.05, 0.1) is 13.7 Å². The van der Waals surface area contributed by atoms with Crippen LogP contribution in [0.2, 0.25) is 0 Å². The lowest BCUT2D eigenvalue weighted by atomic mass is 10.0. The van der Waals surface area contributed by atoms with E-state index in [9.17, 15) is 29.4 Å². The molecule has 11 heteroatoms. The van der Waals surface area contributed by atoms with Crippen LogP contribution in [0.5, 0.6) is 5.75 Å². The van der Waals surface area contributed by atoms with Gasteiger partial charge in [-0.05, 0) is 45.4 Å². The Labute approximate surface area is 186 Å². The maximum atomic E-state index is 13.2. The predicted octanol–water partition coefficient (Wildman–Crippen LogP) is 0.457. The molecular formula is C21H31N3O8. The predicted molar refractivity (Wildman–Crippen MR) is 114 cm³/mol. The van der Waals surface area contributed by atoms with Crippen molar-refractivity contribution in [3.05, 3.63) is 29.8 Å². The summed E-state index contributed by atoms with van der Waals surface area (Å²) in [7, 11) is 1.17. The fourth-order valence-electron chi connectivity index (χ4n) is 2.76. The van der Waals surface area contributed by atoms with E-state index in [4.69, 9.17) is 4.74 Å². The fourth-order valence-corrected chi connectivity index (χ4v) is 2.76. The Kier molecular flexibility index (Phi) is 9.92. The summed E-state index contributed by atoms with van der Waals surface area (Å²) in [5, 5.41) is 24.0. The highest BCUT2D eigenvalue weighted by atomic mass is 16.6. The first-order chi connectivity index (χ1) is 14.9. The minimum Gasteiger partial charge on any atom is -0.508 e. The van der Waals surface area contributed by atoms with Crippen LogP contribution in [0.15, 0.2) is 24.3 Å². The molecule has 0 radical (unpaired) electrons. The van der Waals surface area contributed by atoms with Crippen LogP contribution < -0.4 is 10.6 Å². The van der Waals surface area contributed by atoms with Crippen LogP contribution in [0, 0.1) is 0 Å². The van der Waals surface area contributed by atoms with Crippen molar-refractivity contribution in [1.29, 1.82) is 0 Å². The summed E-state index contributed by atoms with van der Waals surface area (Å²) in [4.78, 5) is 50.8. The molecule has 0 saturated carbocycles. The lowest BCUT2D eigenvalue weighted by molar-refractivity contribution is -0.145. The standard InChI is InChI=1S/C21H31N3O8/c1-6-24(19(29)15(12-25)23-20(30)32-21(2,3)4)17(13-7-9-14(26)10-8-13)18(28)22-11-16(27)31-5/h7-10,15,17,25-26H,6,11-12H2,1-5H3,(H,22,28)(H,23,30). The molecule has 0 bridgehead atoms. The number of phenols is 1. The maximum absolute atomic E-state index is 13.2. The van der Waals surface area contributed by atoms with Gasteiger partial charge in [-0.3, -0.25) is 14.4 Å². The number of benzene rings is 1. The van der Waals surface area contributed by atoms with Crippen LogP contribution in [0.4, 0.5) is 4.79 Å². The van der Waals surface area contributed by atoms with Crippen LogP contribution in [-0.4, -0.2) is 77.4 Å². The van der Waals surface area contributed by atoms with Crippen LogP contribution in [0.25, 0.3) is 0 Å². The van der Waals surface area contributed by atoms with E-state index in [1.54, 1.807) is 27.7 Å². The van der Waals surface area contributed by atoms with Gasteiger partial charge < -0.3 is 35.2 Å². The van der Waals surface area contributed by atoms with Crippen molar-refractivity contribution < 1.29 is 38.9 Å².